The molecular formula is C17H16F3NOS. The molecule has 0 radical (unpaired) electrons. The van der Waals surface area contributed by atoms with Crippen molar-refractivity contribution < 1.29 is 18.3 Å². The van der Waals surface area contributed by atoms with Gasteiger partial charge in [0.1, 0.15) is 5.01 Å². The molecule has 1 fully saturated rings. The fourth-order valence-electron chi connectivity index (χ4n) is 2.52. The zero-order valence-corrected chi connectivity index (χ0v) is 13.4. The average molecular weight is 339 g/mol. The van der Waals surface area contributed by atoms with Gasteiger partial charge in [0.2, 0.25) is 0 Å². The van der Waals surface area contributed by atoms with Crippen molar-refractivity contribution >= 4 is 11.3 Å². The van der Waals surface area contributed by atoms with Gasteiger partial charge in [0, 0.05) is 17.4 Å². The van der Waals surface area contributed by atoms with Crippen molar-refractivity contribution in [1.82, 2.24) is 4.98 Å². The van der Waals surface area contributed by atoms with Crippen LogP contribution in [0, 0.1) is 6.92 Å². The summed E-state index contributed by atoms with van der Waals surface area (Å²) >= 11 is 1.29. The van der Waals surface area contributed by atoms with Gasteiger partial charge in [-0.25, -0.2) is 4.98 Å². The van der Waals surface area contributed by atoms with Gasteiger partial charge in [0.05, 0.1) is 17.0 Å². The maximum atomic E-state index is 13.0. The lowest BCUT2D eigenvalue weighted by Gasteiger charge is -2.17. The topological polar surface area (TPSA) is 33.1 Å². The van der Waals surface area contributed by atoms with Gasteiger partial charge in [-0.3, -0.25) is 0 Å². The lowest BCUT2D eigenvalue weighted by Crippen LogP contribution is -2.07. The maximum Gasteiger partial charge on any atom is 0.416 e. The first-order chi connectivity index (χ1) is 10.8. The minimum Gasteiger partial charge on any atom is -0.512 e. The van der Waals surface area contributed by atoms with Gasteiger partial charge in [-0.2, -0.15) is 13.2 Å². The van der Waals surface area contributed by atoms with Crippen molar-refractivity contribution in [2.75, 3.05) is 0 Å². The number of halogens is 3. The molecule has 1 aliphatic rings. The first-order valence-electron chi connectivity index (χ1n) is 7.37. The Labute approximate surface area is 136 Å². The lowest BCUT2D eigenvalue weighted by molar-refractivity contribution is -0.138. The minimum atomic E-state index is -4.37. The van der Waals surface area contributed by atoms with Crippen LogP contribution in [0.15, 0.2) is 34.9 Å². The molecule has 0 amide bonds. The van der Waals surface area contributed by atoms with Gasteiger partial charge in [-0.1, -0.05) is 12.1 Å². The van der Waals surface area contributed by atoms with E-state index in [9.17, 15) is 18.3 Å². The highest BCUT2D eigenvalue weighted by atomic mass is 32.1. The van der Waals surface area contributed by atoms with Gasteiger partial charge in [0.25, 0.3) is 0 Å². The Morgan fingerprint density at radius 3 is 2.65 bits per heavy atom. The van der Waals surface area contributed by atoms with E-state index in [4.69, 9.17) is 0 Å². The summed E-state index contributed by atoms with van der Waals surface area (Å²) in [7, 11) is 0. The van der Waals surface area contributed by atoms with Gasteiger partial charge < -0.3 is 5.11 Å². The number of aliphatic hydroxyl groups is 1. The summed E-state index contributed by atoms with van der Waals surface area (Å²) < 4.78 is 39.0. The van der Waals surface area contributed by atoms with Crippen LogP contribution in [0.4, 0.5) is 13.2 Å². The molecule has 1 aromatic heterocycles. The molecule has 1 aromatic carbocycles. The van der Waals surface area contributed by atoms with Gasteiger partial charge in [-0.15, -0.1) is 11.3 Å². The van der Waals surface area contributed by atoms with Crippen molar-refractivity contribution in [3.05, 3.63) is 51.7 Å². The van der Waals surface area contributed by atoms with Crippen molar-refractivity contribution in [2.24, 2.45) is 0 Å². The van der Waals surface area contributed by atoms with E-state index in [0.29, 0.717) is 28.4 Å². The van der Waals surface area contributed by atoms with Crippen molar-refractivity contribution in [2.45, 2.75) is 38.8 Å². The van der Waals surface area contributed by atoms with Crippen LogP contribution in [-0.2, 0) is 12.6 Å². The van der Waals surface area contributed by atoms with E-state index in [0.717, 1.165) is 30.9 Å². The Morgan fingerprint density at radius 2 is 2.04 bits per heavy atom. The SMILES string of the molecule is Cc1ccc(-c2nc(CC(O)=C3CCC3)cs2)cc1C(F)(F)F. The standard InChI is InChI=1S/C17H16F3NOS/c1-10-5-6-12(7-14(10)17(18,19)20)16-21-13(9-23-16)8-15(22)11-3-2-4-11/h5-7,9,22H,2-4,8H2,1H3. The molecular weight excluding hydrogens is 323 g/mol. The summed E-state index contributed by atoms with van der Waals surface area (Å²) in [6, 6.07) is 4.26. The van der Waals surface area contributed by atoms with Crippen LogP contribution in [0.1, 0.15) is 36.1 Å². The van der Waals surface area contributed by atoms with E-state index >= 15 is 0 Å². The fourth-order valence-corrected chi connectivity index (χ4v) is 3.34. The molecule has 0 saturated heterocycles. The minimum absolute atomic E-state index is 0.199. The summed E-state index contributed by atoms with van der Waals surface area (Å²) in [4.78, 5) is 4.37. The predicted molar refractivity (Wildman–Crippen MR) is 84.5 cm³/mol. The number of rotatable bonds is 3. The van der Waals surface area contributed by atoms with E-state index in [1.54, 1.807) is 11.4 Å². The average Bonchev–Trinajstić information content (AvgIpc) is 2.84. The first kappa shape index (κ1) is 16.1. The van der Waals surface area contributed by atoms with Crippen LogP contribution in [-0.4, -0.2) is 10.1 Å². The zero-order valence-electron chi connectivity index (χ0n) is 12.6. The summed E-state index contributed by atoms with van der Waals surface area (Å²) in [5.41, 5.74) is 1.77. The Kier molecular flexibility index (Phi) is 4.19. The van der Waals surface area contributed by atoms with Crippen molar-refractivity contribution in [3.8, 4) is 10.6 Å². The van der Waals surface area contributed by atoms with Crippen LogP contribution >= 0.6 is 11.3 Å². The van der Waals surface area contributed by atoms with Crippen molar-refractivity contribution in [1.29, 1.82) is 0 Å². The molecule has 3 rings (SSSR count). The molecule has 122 valence electrons. The highest BCUT2D eigenvalue weighted by Crippen LogP contribution is 2.36. The third kappa shape index (κ3) is 3.42. The predicted octanol–water partition coefficient (Wildman–Crippen LogP) is 5.68. The van der Waals surface area contributed by atoms with E-state index < -0.39 is 11.7 Å². The quantitative estimate of drug-likeness (QED) is 0.730. The van der Waals surface area contributed by atoms with Gasteiger partial charge >= 0.3 is 6.18 Å². The summed E-state index contributed by atoms with van der Waals surface area (Å²) in [5.74, 6) is 0.355. The smallest absolute Gasteiger partial charge is 0.416 e. The molecule has 1 aliphatic carbocycles. The highest BCUT2D eigenvalue weighted by molar-refractivity contribution is 7.13. The number of hydrogen-bond donors (Lipinski definition) is 1. The Hall–Kier alpha value is -1.82. The Balaban J connectivity index is 1.86. The number of aryl methyl sites for hydroxylation is 1. The normalized spacial score (nSPS) is 14.7. The molecule has 0 atom stereocenters. The number of allylic oxidation sites excluding steroid dienone is 2. The number of nitrogens with zero attached hydrogens (tertiary/aromatic N) is 1. The zero-order chi connectivity index (χ0) is 16.6. The molecule has 2 aromatic rings. The highest BCUT2D eigenvalue weighted by Gasteiger charge is 2.32. The molecule has 0 unspecified atom stereocenters. The maximum absolute atomic E-state index is 13.0. The van der Waals surface area contributed by atoms with Crippen molar-refractivity contribution in [3.63, 3.8) is 0 Å². The third-order valence-electron chi connectivity index (χ3n) is 4.06. The monoisotopic (exact) mass is 339 g/mol. The number of thiazole rings is 1. The molecule has 1 saturated carbocycles. The molecule has 0 aliphatic heterocycles. The summed E-state index contributed by atoms with van der Waals surface area (Å²) in [6.07, 6.45) is -1.06. The second-order valence-corrected chi connectivity index (χ2v) is 6.61. The van der Waals surface area contributed by atoms with E-state index in [-0.39, 0.29) is 5.56 Å². The third-order valence-corrected chi connectivity index (χ3v) is 5.00. The first-order valence-corrected chi connectivity index (χ1v) is 8.25. The van der Waals surface area contributed by atoms with E-state index in [1.165, 1.54) is 24.3 Å². The van der Waals surface area contributed by atoms with Gasteiger partial charge in [0.15, 0.2) is 0 Å². The Bertz CT molecular complexity index is 755. The van der Waals surface area contributed by atoms with E-state index in [2.05, 4.69) is 4.98 Å². The molecule has 23 heavy (non-hydrogen) atoms. The summed E-state index contributed by atoms with van der Waals surface area (Å²) in [6.45, 7) is 1.45. The molecule has 1 N–H and O–H groups in total. The molecule has 2 nitrogen and oxygen atoms in total. The largest absolute Gasteiger partial charge is 0.512 e. The number of aliphatic hydroxyl groups excluding tert-OH is 1. The number of benzene rings is 1. The second-order valence-electron chi connectivity index (χ2n) is 5.75. The van der Waals surface area contributed by atoms with Crippen LogP contribution in [0.5, 0.6) is 0 Å². The van der Waals surface area contributed by atoms with Crippen LogP contribution < -0.4 is 0 Å². The van der Waals surface area contributed by atoms with E-state index in [1.807, 2.05) is 0 Å². The van der Waals surface area contributed by atoms with Crippen LogP contribution in [0.3, 0.4) is 0 Å². The Morgan fingerprint density at radius 1 is 1.30 bits per heavy atom. The lowest BCUT2D eigenvalue weighted by atomic mass is 9.90. The molecule has 1 heterocycles. The molecule has 0 bridgehead atoms. The second kappa shape index (κ2) is 6.00. The van der Waals surface area contributed by atoms with Crippen LogP contribution in [0.2, 0.25) is 0 Å². The molecule has 6 heteroatoms. The number of hydrogen-bond acceptors (Lipinski definition) is 3. The van der Waals surface area contributed by atoms with Gasteiger partial charge in [-0.05, 0) is 43.4 Å². The van der Waals surface area contributed by atoms with Crippen LogP contribution in [0.25, 0.3) is 10.6 Å². The fraction of sp³-hybridized carbons (Fsp3) is 0.353. The number of aromatic nitrogens is 1. The molecule has 0 spiro atoms. The number of alkyl halides is 3. The summed E-state index contributed by atoms with van der Waals surface area (Å²) in [5, 5.41) is 12.3.